The second-order valence-corrected chi connectivity index (χ2v) is 9.22. The monoisotopic (exact) mass is 362 g/mol. The summed E-state index contributed by atoms with van der Waals surface area (Å²) in [7, 11) is 0. The van der Waals surface area contributed by atoms with Crippen LogP contribution in [0, 0.1) is 34.5 Å². The highest BCUT2D eigenvalue weighted by Gasteiger charge is 2.84. The first kappa shape index (κ1) is 16.6. The van der Waals surface area contributed by atoms with Crippen molar-refractivity contribution >= 4 is 23.3 Å². The van der Waals surface area contributed by atoms with Gasteiger partial charge in [0.2, 0.25) is 5.78 Å². The maximum absolute atomic E-state index is 13.4. The van der Waals surface area contributed by atoms with E-state index in [-0.39, 0.29) is 37.1 Å². The van der Waals surface area contributed by atoms with Crippen LogP contribution in [0.1, 0.15) is 33.6 Å². The lowest BCUT2D eigenvalue weighted by molar-refractivity contribution is -0.198. The lowest BCUT2D eigenvalue weighted by atomic mass is 9.39. The lowest BCUT2D eigenvalue weighted by Crippen LogP contribution is -2.72. The van der Waals surface area contributed by atoms with Crippen LogP contribution in [0.3, 0.4) is 0 Å². The van der Waals surface area contributed by atoms with Crippen LogP contribution >= 0.6 is 0 Å². The number of rotatable bonds is 0. The van der Waals surface area contributed by atoms with E-state index in [1.807, 2.05) is 6.92 Å². The van der Waals surface area contributed by atoms with Gasteiger partial charge in [-0.25, -0.2) is 0 Å². The van der Waals surface area contributed by atoms with Gasteiger partial charge in [-0.1, -0.05) is 13.8 Å². The number of esters is 1. The Hall–Kier alpha value is -1.60. The van der Waals surface area contributed by atoms with E-state index >= 15 is 0 Å². The number of carbonyl (C=O) groups is 4. The lowest BCUT2D eigenvalue weighted by Gasteiger charge is -2.60. The highest BCUT2D eigenvalue weighted by atomic mass is 16.6. The quantitative estimate of drug-likeness (QED) is 0.480. The number of aliphatic hydroxyl groups excluding tert-OH is 1. The molecule has 3 saturated carbocycles. The molecule has 1 spiro atoms. The summed E-state index contributed by atoms with van der Waals surface area (Å²) in [5.41, 5.74) is -3.56. The van der Waals surface area contributed by atoms with Crippen molar-refractivity contribution in [1.29, 1.82) is 0 Å². The fraction of sp³-hybridized carbons (Fsp3) is 0.789. The van der Waals surface area contributed by atoms with Gasteiger partial charge in [-0.05, 0) is 18.8 Å². The summed E-state index contributed by atoms with van der Waals surface area (Å²) in [6.45, 7) is 5.25. The maximum Gasteiger partial charge on any atom is 0.313 e. The van der Waals surface area contributed by atoms with Gasteiger partial charge in [0.15, 0.2) is 11.9 Å². The van der Waals surface area contributed by atoms with Crippen LogP contribution in [0.4, 0.5) is 0 Å². The average molecular weight is 362 g/mol. The molecule has 9 atom stereocenters. The Bertz CT molecular complexity index is 789. The minimum atomic E-state index is -1.30. The number of aliphatic hydroxyl groups is 1. The van der Waals surface area contributed by atoms with Crippen molar-refractivity contribution in [1.82, 2.24) is 0 Å². The van der Waals surface area contributed by atoms with Gasteiger partial charge in [-0.3, -0.25) is 19.2 Å². The van der Waals surface area contributed by atoms with Crippen LogP contribution in [0.25, 0.3) is 0 Å². The highest BCUT2D eigenvalue weighted by molar-refractivity contribution is 6.40. The minimum Gasteiger partial charge on any atom is -0.456 e. The molecule has 0 amide bonds. The molecule has 2 heterocycles. The first-order chi connectivity index (χ1) is 12.1. The third kappa shape index (κ3) is 1.41. The van der Waals surface area contributed by atoms with Crippen molar-refractivity contribution in [3.8, 4) is 0 Å². The number of ketones is 3. The van der Waals surface area contributed by atoms with Gasteiger partial charge in [0.1, 0.15) is 17.3 Å². The molecular formula is C19H22O7. The van der Waals surface area contributed by atoms with Crippen molar-refractivity contribution in [3.05, 3.63) is 0 Å². The molecule has 7 nitrogen and oxygen atoms in total. The number of Topliss-reactive ketones (excluding diaryl/α,β-unsaturated/α-hetero) is 3. The molecule has 5 fully saturated rings. The third-order valence-corrected chi connectivity index (χ3v) is 8.24. The van der Waals surface area contributed by atoms with Crippen molar-refractivity contribution in [2.24, 2.45) is 34.5 Å². The van der Waals surface area contributed by atoms with Crippen LogP contribution in [0.2, 0.25) is 0 Å². The predicted octanol–water partition coefficient (Wildman–Crippen LogP) is 0.0673. The Kier molecular flexibility index (Phi) is 2.83. The molecular weight excluding hydrogens is 340 g/mol. The van der Waals surface area contributed by atoms with Crippen LogP contribution in [-0.4, -0.2) is 52.8 Å². The average Bonchev–Trinajstić information content (AvgIpc) is 2.94. The SMILES string of the molecule is CC1CC(=O)C(=O)[C@]2(C)[C@H]3[C@@H](O)[C@@H]4OC(=O)[C@H]5[C@@]4(C)OC[C@@]35C(=O)C[C@@H]12. The van der Waals surface area contributed by atoms with Crippen molar-refractivity contribution < 1.29 is 33.8 Å². The summed E-state index contributed by atoms with van der Waals surface area (Å²) in [6.07, 6.45) is -1.90. The van der Waals surface area contributed by atoms with Crippen LogP contribution in [-0.2, 0) is 28.7 Å². The largest absolute Gasteiger partial charge is 0.456 e. The molecule has 0 aromatic carbocycles. The fourth-order valence-corrected chi connectivity index (χ4v) is 7.18. The van der Waals surface area contributed by atoms with Gasteiger partial charge < -0.3 is 14.6 Å². The number of fused-ring (bicyclic) bond motifs is 2. The molecule has 0 aromatic heterocycles. The third-order valence-electron chi connectivity index (χ3n) is 8.24. The van der Waals surface area contributed by atoms with Crippen LogP contribution in [0.5, 0.6) is 0 Å². The van der Waals surface area contributed by atoms with Crippen LogP contribution in [0.15, 0.2) is 0 Å². The second-order valence-electron chi connectivity index (χ2n) is 9.22. The van der Waals surface area contributed by atoms with E-state index in [0.717, 1.165) is 0 Å². The van der Waals surface area contributed by atoms with E-state index in [9.17, 15) is 24.3 Å². The normalized spacial score (nSPS) is 57.7. The number of hydrogen-bond donors (Lipinski definition) is 1. The van der Waals surface area contributed by atoms with E-state index in [4.69, 9.17) is 9.47 Å². The van der Waals surface area contributed by atoms with Gasteiger partial charge >= 0.3 is 5.97 Å². The molecule has 5 rings (SSSR count). The van der Waals surface area contributed by atoms with Gasteiger partial charge in [0.25, 0.3) is 0 Å². The topological polar surface area (TPSA) is 107 Å². The number of carbonyl (C=O) groups excluding carboxylic acids is 4. The summed E-state index contributed by atoms with van der Waals surface area (Å²) in [5.74, 6) is -3.83. The minimum absolute atomic E-state index is 0.0154. The molecule has 2 aliphatic heterocycles. The molecule has 2 saturated heterocycles. The molecule has 1 unspecified atom stereocenters. The molecule has 1 N–H and O–H groups in total. The van der Waals surface area contributed by atoms with Crippen molar-refractivity contribution in [3.63, 3.8) is 0 Å². The molecule has 7 heteroatoms. The highest BCUT2D eigenvalue weighted by Crippen LogP contribution is 2.70. The molecule has 5 aliphatic rings. The smallest absolute Gasteiger partial charge is 0.313 e. The summed E-state index contributed by atoms with van der Waals surface area (Å²) in [6, 6.07) is 0. The Morgan fingerprint density at radius 1 is 1.12 bits per heavy atom. The summed E-state index contributed by atoms with van der Waals surface area (Å²) in [4.78, 5) is 51.4. The van der Waals surface area contributed by atoms with Gasteiger partial charge in [0, 0.05) is 24.2 Å². The molecule has 4 bridgehead atoms. The summed E-state index contributed by atoms with van der Waals surface area (Å²) < 4.78 is 11.3. The molecule has 26 heavy (non-hydrogen) atoms. The summed E-state index contributed by atoms with van der Waals surface area (Å²) in [5, 5.41) is 11.2. The molecule has 140 valence electrons. The molecule has 0 radical (unpaired) electrons. The molecule has 0 aromatic rings. The maximum atomic E-state index is 13.4. The standard InChI is InChI=1S/C19H22O7/c1-7-4-9(20)14(23)17(2)8(7)5-10(21)19-6-25-18(3)13(19)16(24)26-15(18)11(22)12(17)19/h7-8,11-13,15,22H,4-6H2,1-3H3/t7?,8-,11+,12+,13-,15-,17-,18+,19+/m0/s1. The van der Waals surface area contributed by atoms with E-state index in [1.165, 1.54) is 0 Å². The van der Waals surface area contributed by atoms with Gasteiger partial charge in [-0.2, -0.15) is 0 Å². The zero-order valence-electron chi connectivity index (χ0n) is 15.0. The van der Waals surface area contributed by atoms with E-state index in [0.29, 0.717) is 0 Å². The predicted molar refractivity (Wildman–Crippen MR) is 84.7 cm³/mol. The zero-order chi connectivity index (χ0) is 18.8. The number of ether oxygens (including phenoxy) is 2. The van der Waals surface area contributed by atoms with E-state index < -0.39 is 58.0 Å². The first-order valence-electron chi connectivity index (χ1n) is 9.23. The Labute approximate surface area is 150 Å². The van der Waals surface area contributed by atoms with Crippen LogP contribution < -0.4 is 0 Å². The van der Waals surface area contributed by atoms with Crippen molar-refractivity contribution in [2.45, 2.75) is 51.4 Å². The Morgan fingerprint density at radius 3 is 2.50 bits per heavy atom. The number of hydrogen-bond acceptors (Lipinski definition) is 7. The summed E-state index contributed by atoms with van der Waals surface area (Å²) >= 11 is 0. The zero-order valence-corrected chi connectivity index (χ0v) is 15.0. The van der Waals surface area contributed by atoms with E-state index in [1.54, 1.807) is 13.8 Å². The second kappa shape index (κ2) is 4.44. The molecule has 3 aliphatic carbocycles. The van der Waals surface area contributed by atoms with E-state index in [2.05, 4.69) is 0 Å². The van der Waals surface area contributed by atoms with Gasteiger partial charge in [-0.15, -0.1) is 0 Å². The fourth-order valence-electron chi connectivity index (χ4n) is 7.18. The van der Waals surface area contributed by atoms with Gasteiger partial charge in [0.05, 0.1) is 18.1 Å². The Morgan fingerprint density at radius 2 is 1.81 bits per heavy atom. The Balaban J connectivity index is 1.77. The van der Waals surface area contributed by atoms with Crippen molar-refractivity contribution in [2.75, 3.05) is 6.61 Å². The first-order valence-corrected chi connectivity index (χ1v) is 9.23.